The molecule has 0 aromatic heterocycles. The average Bonchev–Trinajstić information content (AvgIpc) is 2.82. The van der Waals surface area contributed by atoms with Crippen LogP contribution in [0.3, 0.4) is 0 Å². The van der Waals surface area contributed by atoms with Crippen LogP contribution in [-0.4, -0.2) is 55.8 Å². The van der Waals surface area contributed by atoms with Gasteiger partial charge in [0.1, 0.15) is 0 Å². The van der Waals surface area contributed by atoms with Gasteiger partial charge in [0.15, 0.2) is 0 Å². The van der Waals surface area contributed by atoms with Crippen LogP contribution in [0.25, 0.3) is 0 Å². The lowest BCUT2D eigenvalue weighted by Gasteiger charge is -2.29. The van der Waals surface area contributed by atoms with Gasteiger partial charge in [0, 0.05) is 32.4 Å². The molecule has 0 saturated heterocycles. The zero-order valence-corrected chi connectivity index (χ0v) is 23.7. The summed E-state index contributed by atoms with van der Waals surface area (Å²) in [6.45, 7) is 5.36. The van der Waals surface area contributed by atoms with Crippen LogP contribution in [0.2, 0.25) is 0 Å². The number of rotatable bonds is 27. The largest absolute Gasteiger partial charge is 0.396 e. The monoisotopic (exact) mass is 483 g/mol. The number of aliphatic hydroxyl groups excluding tert-OH is 1. The van der Waals surface area contributed by atoms with Gasteiger partial charge in [-0.05, 0) is 6.42 Å². The summed E-state index contributed by atoms with van der Waals surface area (Å²) >= 11 is 0. The van der Waals surface area contributed by atoms with Crippen molar-refractivity contribution in [3.05, 3.63) is 0 Å². The van der Waals surface area contributed by atoms with Crippen molar-refractivity contribution in [3.8, 4) is 0 Å². The Morgan fingerprint density at radius 3 is 1.38 bits per heavy atom. The normalized spacial score (nSPS) is 11.8. The van der Waals surface area contributed by atoms with Crippen molar-refractivity contribution in [2.75, 3.05) is 40.3 Å². The summed E-state index contributed by atoms with van der Waals surface area (Å²) in [6.07, 6.45) is 28.8. The lowest BCUT2D eigenvalue weighted by molar-refractivity contribution is -0.890. The maximum Gasteiger partial charge on any atom is 0.219 e. The first-order valence-electron chi connectivity index (χ1n) is 15.2. The molecule has 4 heteroatoms. The Balaban J connectivity index is 3.24. The fourth-order valence-electron chi connectivity index (χ4n) is 4.80. The van der Waals surface area contributed by atoms with Gasteiger partial charge in [-0.25, -0.2) is 0 Å². The van der Waals surface area contributed by atoms with Crippen molar-refractivity contribution in [1.29, 1.82) is 0 Å². The SMILES string of the molecule is CCCCCCCCCCCCCCCCCCCCCC(=O)NCCC[N+](C)(C)CCCO. The molecule has 2 N–H and O–H groups in total. The summed E-state index contributed by atoms with van der Waals surface area (Å²) in [6, 6.07) is 0. The van der Waals surface area contributed by atoms with Crippen molar-refractivity contribution in [3.63, 3.8) is 0 Å². The van der Waals surface area contributed by atoms with E-state index in [0.717, 1.165) is 43.4 Å². The van der Waals surface area contributed by atoms with E-state index in [0.29, 0.717) is 6.42 Å². The predicted octanol–water partition coefficient (Wildman–Crippen LogP) is 7.77. The first kappa shape index (κ1) is 33.4. The highest BCUT2D eigenvalue weighted by Gasteiger charge is 2.13. The molecule has 0 spiro atoms. The molecule has 0 atom stereocenters. The molecule has 0 radical (unpaired) electrons. The molecule has 1 amide bonds. The molecule has 0 aliphatic heterocycles. The molecular formula is C30H63N2O2+. The van der Waals surface area contributed by atoms with Crippen LogP contribution in [0.15, 0.2) is 0 Å². The van der Waals surface area contributed by atoms with Crippen LogP contribution in [0.4, 0.5) is 0 Å². The maximum atomic E-state index is 12.0. The van der Waals surface area contributed by atoms with E-state index >= 15 is 0 Å². The Bertz CT molecular complexity index is 426. The van der Waals surface area contributed by atoms with Gasteiger partial charge < -0.3 is 14.9 Å². The minimum absolute atomic E-state index is 0.215. The summed E-state index contributed by atoms with van der Waals surface area (Å²) in [5.74, 6) is 0.215. The van der Waals surface area contributed by atoms with Crippen LogP contribution < -0.4 is 5.32 Å². The number of amides is 1. The van der Waals surface area contributed by atoms with Crippen molar-refractivity contribution < 1.29 is 14.4 Å². The second-order valence-corrected chi connectivity index (χ2v) is 11.3. The molecule has 0 aliphatic carbocycles. The molecule has 0 aliphatic rings. The van der Waals surface area contributed by atoms with Crippen LogP contribution in [-0.2, 0) is 4.79 Å². The van der Waals surface area contributed by atoms with E-state index in [1.807, 2.05) is 0 Å². The van der Waals surface area contributed by atoms with Gasteiger partial charge in [0.25, 0.3) is 0 Å². The summed E-state index contributed by atoms with van der Waals surface area (Å²) in [7, 11) is 4.38. The Kier molecular flexibility index (Phi) is 25.0. The van der Waals surface area contributed by atoms with E-state index in [9.17, 15) is 4.79 Å². The Morgan fingerprint density at radius 1 is 0.588 bits per heavy atom. The molecule has 0 bridgehead atoms. The fraction of sp³-hybridized carbons (Fsp3) is 0.967. The smallest absolute Gasteiger partial charge is 0.219 e. The van der Waals surface area contributed by atoms with Crippen molar-refractivity contribution in [2.45, 2.75) is 148 Å². The molecule has 0 heterocycles. The number of nitrogens with zero attached hydrogens (tertiary/aromatic N) is 1. The maximum absolute atomic E-state index is 12.0. The van der Waals surface area contributed by atoms with Gasteiger partial charge in [-0.1, -0.05) is 122 Å². The van der Waals surface area contributed by atoms with E-state index in [1.54, 1.807) is 0 Å². The van der Waals surface area contributed by atoms with E-state index in [4.69, 9.17) is 5.11 Å². The second kappa shape index (κ2) is 25.5. The molecule has 0 rings (SSSR count). The number of aliphatic hydroxyl groups is 1. The molecule has 204 valence electrons. The highest BCUT2D eigenvalue weighted by atomic mass is 16.3. The second-order valence-electron chi connectivity index (χ2n) is 11.3. The molecular weight excluding hydrogens is 420 g/mol. The Labute approximate surface area is 214 Å². The molecule has 0 unspecified atom stereocenters. The number of carbonyl (C=O) groups excluding carboxylic acids is 1. The van der Waals surface area contributed by atoms with Crippen LogP contribution in [0, 0.1) is 0 Å². The van der Waals surface area contributed by atoms with Gasteiger partial charge in [-0.2, -0.15) is 0 Å². The highest BCUT2D eigenvalue weighted by Crippen LogP contribution is 2.14. The fourth-order valence-corrected chi connectivity index (χ4v) is 4.80. The third-order valence-corrected chi connectivity index (χ3v) is 7.19. The van der Waals surface area contributed by atoms with Crippen LogP contribution in [0.1, 0.15) is 148 Å². The minimum atomic E-state index is 0.215. The molecule has 34 heavy (non-hydrogen) atoms. The third kappa shape index (κ3) is 26.0. The zero-order valence-electron chi connectivity index (χ0n) is 23.7. The predicted molar refractivity (Wildman–Crippen MR) is 149 cm³/mol. The molecule has 0 aromatic rings. The summed E-state index contributed by atoms with van der Waals surface area (Å²) in [5, 5.41) is 12.0. The van der Waals surface area contributed by atoms with E-state index in [2.05, 4.69) is 26.3 Å². The van der Waals surface area contributed by atoms with Crippen LogP contribution in [0.5, 0.6) is 0 Å². The molecule has 4 nitrogen and oxygen atoms in total. The van der Waals surface area contributed by atoms with E-state index in [1.165, 1.54) is 116 Å². The Hall–Kier alpha value is -0.610. The Morgan fingerprint density at radius 2 is 0.971 bits per heavy atom. The number of quaternary nitrogens is 1. The number of carbonyl (C=O) groups is 1. The number of hydrogen-bond donors (Lipinski definition) is 2. The van der Waals surface area contributed by atoms with Gasteiger partial charge >= 0.3 is 0 Å². The molecule has 0 fully saturated rings. The van der Waals surface area contributed by atoms with Crippen molar-refractivity contribution >= 4 is 5.91 Å². The number of nitrogens with one attached hydrogen (secondary N) is 1. The van der Waals surface area contributed by atoms with Gasteiger partial charge in [0.2, 0.25) is 5.91 Å². The van der Waals surface area contributed by atoms with Gasteiger partial charge in [-0.15, -0.1) is 0 Å². The van der Waals surface area contributed by atoms with Crippen molar-refractivity contribution in [1.82, 2.24) is 5.32 Å². The average molecular weight is 484 g/mol. The summed E-state index contributed by atoms with van der Waals surface area (Å²) < 4.78 is 0.912. The topological polar surface area (TPSA) is 49.3 Å². The van der Waals surface area contributed by atoms with E-state index in [-0.39, 0.29) is 12.5 Å². The van der Waals surface area contributed by atoms with Gasteiger partial charge in [0.05, 0.1) is 27.2 Å². The zero-order chi connectivity index (χ0) is 25.2. The van der Waals surface area contributed by atoms with Crippen molar-refractivity contribution in [2.24, 2.45) is 0 Å². The number of hydrogen-bond acceptors (Lipinski definition) is 2. The first-order valence-corrected chi connectivity index (χ1v) is 15.2. The first-order chi connectivity index (χ1) is 16.5. The third-order valence-electron chi connectivity index (χ3n) is 7.19. The van der Waals surface area contributed by atoms with Crippen LogP contribution >= 0.6 is 0 Å². The lowest BCUT2D eigenvalue weighted by atomic mass is 10.0. The van der Waals surface area contributed by atoms with E-state index < -0.39 is 0 Å². The summed E-state index contributed by atoms with van der Waals surface area (Å²) in [5.41, 5.74) is 0. The quantitative estimate of drug-likeness (QED) is 0.0925. The molecule has 0 aromatic carbocycles. The molecule has 0 saturated carbocycles. The number of unbranched alkanes of at least 4 members (excludes halogenated alkanes) is 18. The van der Waals surface area contributed by atoms with Gasteiger partial charge in [-0.3, -0.25) is 4.79 Å². The minimum Gasteiger partial charge on any atom is -0.396 e. The highest BCUT2D eigenvalue weighted by molar-refractivity contribution is 5.75. The lowest BCUT2D eigenvalue weighted by Crippen LogP contribution is -2.42. The summed E-state index contributed by atoms with van der Waals surface area (Å²) in [4.78, 5) is 12.0. The standard InChI is InChI=1S/C30H62N2O2/c1-4-5-6-7-8-9-10-11-12-13-14-15-16-17-18-19-20-21-22-25-30(34)31-26-23-27-32(2,3)28-24-29-33/h33H,4-29H2,1-3H3/p+1.